The number of likely N-dealkylation sites (N-methyl/N-ethyl adjacent to an activating group) is 1. The number of nitrogens with zero attached hydrogens (tertiary/aromatic N) is 1. The summed E-state index contributed by atoms with van der Waals surface area (Å²) < 4.78 is 33.3. The molecule has 0 unspecified atom stereocenters. The van der Waals surface area contributed by atoms with Crippen molar-refractivity contribution in [3.05, 3.63) is 28.3 Å². The van der Waals surface area contributed by atoms with Gasteiger partial charge in [0.25, 0.3) is 5.91 Å². The van der Waals surface area contributed by atoms with Gasteiger partial charge in [0.2, 0.25) is 10.0 Å². The number of amides is 1. The van der Waals surface area contributed by atoms with Crippen molar-refractivity contribution in [1.29, 1.82) is 0 Å². The zero-order chi connectivity index (χ0) is 21.9. The normalized spacial score (nSPS) is 17.0. The van der Waals surface area contributed by atoms with Crippen LogP contribution in [0.4, 0.5) is 0 Å². The van der Waals surface area contributed by atoms with E-state index in [1.807, 2.05) is 33.8 Å². The lowest BCUT2D eigenvalue weighted by Crippen LogP contribution is -2.42. The minimum atomic E-state index is -3.64. The Morgan fingerprint density at radius 1 is 1.14 bits per heavy atom. The molecule has 162 valence electrons. The van der Waals surface area contributed by atoms with E-state index in [9.17, 15) is 18.0 Å². The van der Waals surface area contributed by atoms with Crippen molar-refractivity contribution >= 4 is 21.9 Å². The topological polar surface area (TPSA) is 92.8 Å². The number of sulfonamides is 1. The number of benzene rings is 1. The van der Waals surface area contributed by atoms with Crippen LogP contribution in [-0.4, -0.2) is 50.3 Å². The molecule has 0 radical (unpaired) electrons. The highest BCUT2D eigenvalue weighted by atomic mass is 32.2. The monoisotopic (exact) mass is 424 g/mol. The van der Waals surface area contributed by atoms with Gasteiger partial charge in [0.05, 0.1) is 10.8 Å². The van der Waals surface area contributed by atoms with Gasteiger partial charge in [-0.05, 0) is 76.6 Å². The average molecular weight is 425 g/mol. The summed E-state index contributed by atoms with van der Waals surface area (Å²) in [6.07, 6.45) is -0.101. The number of carbonyl (C=O) groups excluding carboxylic acids is 2. The standard InChI is InChI=1S/C21H32N2O5S/c1-7-22-20(24)17(6)28-21(25)18-8-10-23(11-9-18)29(26,27)19-15(4)13(2)12-14(3)16(19)5/h12,17-18H,7-11H2,1-6H3,(H,22,24)/t17-/m1/s1. The first-order valence-electron chi connectivity index (χ1n) is 10.1. The van der Waals surface area contributed by atoms with Gasteiger partial charge in [-0.25, -0.2) is 8.42 Å². The van der Waals surface area contributed by atoms with E-state index in [2.05, 4.69) is 5.32 Å². The highest BCUT2D eigenvalue weighted by molar-refractivity contribution is 7.89. The number of aryl methyl sites for hydroxylation is 2. The van der Waals surface area contributed by atoms with Crippen molar-refractivity contribution in [3.63, 3.8) is 0 Å². The quantitative estimate of drug-likeness (QED) is 0.708. The highest BCUT2D eigenvalue weighted by Crippen LogP contribution is 2.31. The number of ether oxygens (including phenoxy) is 1. The molecule has 0 aliphatic carbocycles. The largest absolute Gasteiger partial charge is 0.452 e. The lowest BCUT2D eigenvalue weighted by Gasteiger charge is -2.31. The highest BCUT2D eigenvalue weighted by Gasteiger charge is 2.35. The fraction of sp³-hybridized carbons (Fsp3) is 0.619. The molecule has 1 atom stereocenters. The second-order valence-corrected chi connectivity index (χ2v) is 9.62. The van der Waals surface area contributed by atoms with E-state index in [-0.39, 0.29) is 19.0 Å². The molecule has 1 aliphatic heterocycles. The summed E-state index contributed by atoms with van der Waals surface area (Å²) in [5.41, 5.74) is 3.43. The Bertz CT molecular complexity index is 861. The molecule has 1 aromatic carbocycles. The maximum atomic E-state index is 13.3. The molecule has 0 saturated carbocycles. The maximum Gasteiger partial charge on any atom is 0.309 e. The van der Waals surface area contributed by atoms with Crippen LogP contribution in [-0.2, 0) is 24.3 Å². The molecule has 1 heterocycles. The molecule has 1 aromatic rings. The van der Waals surface area contributed by atoms with Gasteiger partial charge in [-0.15, -0.1) is 0 Å². The minimum Gasteiger partial charge on any atom is -0.452 e. The van der Waals surface area contributed by atoms with Gasteiger partial charge in [-0.3, -0.25) is 9.59 Å². The van der Waals surface area contributed by atoms with Gasteiger partial charge in [-0.1, -0.05) is 6.07 Å². The summed E-state index contributed by atoms with van der Waals surface area (Å²) in [5, 5.41) is 2.61. The number of rotatable bonds is 6. The Hall–Kier alpha value is -1.93. The summed E-state index contributed by atoms with van der Waals surface area (Å²) in [4.78, 5) is 24.5. The van der Waals surface area contributed by atoms with E-state index in [4.69, 9.17) is 4.74 Å². The number of hydrogen-bond donors (Lipinski definition) is 1. The van der Waals surface area contributed by atoms with E-state index in [1.165, 1.54) is 11.2 Å². The first-order valence-corrected chi connectivity index (χ1v) is 11.5. The molecule has 1 amide bonds. The van der Waals surface area contributed by atoms with Crippen LogP contribution in [0.25, 0.3) is 0 Å². The van der Waals surface area contributed by atoms with Crippen LogP contribution in [0.5, 0.6) is 0 Å². The van der Waals surface area contributed by atoms with Crippen LogP contribution >= 0.6 is 0 Å². The molecule has 1 aliphatic rings. The summed E-state index contributed by atoms with van der Waals surface area (Å²) in [5.74, 6) is -1.18. The summed E-state index contributed by atoms with van der Waals surface area (Å²) >= 11 is 0. The van der Waals surface area contributed by atoms with Crippen molar-refractivity contribution in [1.82, 2.24) is 9.62 Å². The third-order valence-electron chi connectivity index (χ3n) is 5.70. The van der Waals surface area contributed by atoms with Crippen molar-refractivity contribution in [3.8, 4) is 0 Å². The Kier molecular flexibility index (Phi) is 7.45. The van der Waals surface area contributed by atoms with Gasteiger partial charge in [-0.2, -0.15) is 4.31 Å². The van der Waals surface area contributed by atoms with Crippen LogP contribution in [0.15, 0.2) is 11.0 Å². The number of nitrogens with one attached hydrogen (secondary N) is 1. The Labute approximate surface area is 173 Å². The van der Waals surface area contributed by atoms with E-state index in [0.717, 1.165) is 22.3 Å². The predicted octanol–water partition coefficient (Wildman–Crippen LogP) is 2.39. The molecule has 8 heteroatoms. The molecular weight excluding hydrogens is 392 g/mol. The molecule has 29 heavy (non-hydrogen) atoms. The summed E-state index contributed by atoms with van der Waals surface area (Å²) in [7, 11) is -3.64. The van der Waals surface area contributed by atoms with E-state index in [1.54, 1.807) is 6.92 Å². The number of carbonyl (C=O) groups is 2. The Balaban J connectivity index is 2.09. The van der Waals surface area contributed by atoms with Gasteiger partial charge in [0, 0.05) is 19.6 Å². The third kappa shape index (κ3) is 4.98. The SMILES string of the molecule is CCNC(=O)[C@@H](C)OC(=O)C1CCN(S(=O)(=O)c2c(C)c(C)cc(C)c2C)CC1. The molecule has 0 bridgehead atoms. The fourth-order valence-corrected chi connectivity index (χ4v) is 5.72. The smallest absolute Gasteiger partial charge is 0.309 e. The van der Waals surface area contributed by atoms with Gasteiger partial charge in [0.15, 0.2) is 6.10 Å². The van der Waals surface area contributed by atoms with E-state index < -0.39 is 28.0 Å². The van der Waals surface area contributed by atoms with E-state index in [0.29, 0.717) is 24.3 Å². The first kappa shape index (κ1) is 23.3. The third-order valence-corrected chi connectivity index (χ3v) is 7.87. The van der Waals surface area contributed by atoms with Crippen molar-refractivity contribution in [2.45, 2.75) is 65.4 Å². The zero-order valence-corrected chi connectivity index (χ0v) is 19.0. The van der Waals surface area contributed by atoms with Gasteiger partial charge in [0.1, 0.15) is 0 Å². The molecule has 7 nitrogen and oxygen atoms in total. The molecule has 0 spiro atoms. The zero-order valence-electron chi connectivity index (χ0n) is 18.2. The molecule has 1 fully saturated rings. The van der Waals surface area contributed by atoms with Crippen LogP contribution in [0.3, 0.4) is 0 Å². The second kappa shape index (κ2) is 9.26. The van der Waals surface area contributed by atoms with Crippen LogP contribution in [0, 0.1) is 33.6 Å². The minimum absolute atomic E-state index is 0.253. The molecule has 1 saturated heterocycles. The summed E-state index contributed by atoms with van der Waals surface area (Å²) in [6, 6.07) is 2.00. The lowest BCUT2D eigenvalue weighted by molar-refractivity contribution is -0.159. The lowest BCUT2D eigenvalue weighted by atomic mass is 9.98. The molecular formula is C21H32N2O5S. The fourth-order valence-electron chi connectivity index (χ4n) is 3.67. The van der Waals surface area contributed by atoms with Crippen molar-refractivity contribution in [2.24, 2.45) is 5.92 Å². The van der Waals surface area contributed by atoms with Crippen LogP contribution < -0.4 is 5.32 Å². The van der Waals surface area contributed by atoms with Gasteiger partial charge < -0.3 is 10.1 Å². The predicted molar refractivity (Wildman–Crippen MR) is 111 cm³/mol. The first-order chi connectivity index (χ1) is 13.5. The molecule has 2 rings (SSSR count). The Morgan fingerprint density at radius 2 is 1.66 bits per heavy atom. The van der Waals surface area contributed by atoms with Gasteiger partial charge >= 0.3 is 5.97 Å². The molecule has 0 aromatic heterocycles. The van der Waals surface area contributed by atoms with Crippen LogP contribution in [0.1, 0.15) is 48.9 Å². The molecule has 1 N–H and O–H groups in total. The number of piperidine rings is 1. The van der Waals surface area contributed by atoms with Crippen LogP contribution in [0.2, 0.25) is 0 Å². The van der Waals surface area contributed by atoms with E-state index >= 15 is 0 Å². The second-order valence-electron chi connectivity index (χ2n) is 7.74. The van der Waals surface area contributed by atoms with Crippen molar-refractivity contribution in [2.75, 3.05) is 19.6 Å². The van der Waals surface area contributed by atoms with Crippen molar-refractivity contribution < 1.29 is 22.7 Å². The Morgan fingerprint density at radius 3 is 2.14 bits per heavy atom. The average Bonchev–Trinajstić information content (AvgIpc) is 2.66. The summed E-state index contributed by atoms with van der Waals surface area (Å²) in [6.45, 7) is 11.8. The number of hydrogen-bond acceptors (Lipinski definition) is 5. The maximum absolute atomic E-state index is 13.3. The number of esters is 1.